The molecule has 1 aromatic carbocycles. The minimum absolute atomic E-state index is 0.0161. The molecule has 6 nitrogen and oxygen atoms in total. The predicted octanol–water partition coefficient (Wildman–Crippen LogP) is 2.38. The van der Waals surface area contributed by atoms with E-state index in [1.807, 2.05) is 42.9 Å². The highest BCUT2D eigenvalue weighted by atomic mass is 16.5. The van der Waals surface area contributed by atoms with E-state index in [1.165, 1.54) is 5.56 Å². The number of carbonyl (C=O) groups is 1. The number of nitrogens with one attached hydrogen (secondary N) is 1. The summed E-state index contributed by atoms with van der Waals surface area (Å²) in [6.45, 7) is 4.27. The molecule has 3 rings (SSSR count). The van der Waals surface area contributed by atoms with Gasteiger partial charge in [-0.25, -0.2) is 4.68 Å². The molecule has 0 bridgehead atoms. The molecule has 3 aromatic rings. The summed E-state index contributed by atoms with van der Waals surface area (Å²) in [6.07, 6.45) is 4.75. The lowest BCUT2D eigenvalue weighted by Crippen LogP contribution is -2.27. The van der Waals surface area contributed by atoms with E-state index < -0.39 is 0 Å². The van der Waals surface area contributed by atoms with Crippen LogP contribution in [0, 0.1) is 13.8 Å². The van der Waals surface area contributed by atoms with Crippen LogP contribution < -0.4 is 5.32 Å². The van der Waals surface area contributed by atoms with Crippen LogP contribution in [0.5, 0.6) is 0 Å². The third-order valence-corrected chi connectivity index (χ3v) is 3.96. The number of aryl methyl sites for hydroxylation is 2. The molecule has 0 radical (unpaired) electrons. The molecule has 0 atom stereocenters. The normalized spacial score (nSPS) is 10.8. The van der Waals surface area contributed by atoms with Crippen LogP contribution in [0.25, 0.3) is 5.69 Å². The van der Waals surface area contributed by atoms with Gasteiger partial charge in [-0.1, -0.05) is 17.3 Å². The molecule has 0 fully saturated rings. The van der Waals surface area contributed by atoms with Gasteiger partial charge in [0.2, 0.25) is 5.91 Å². The SMILES string of the molecule is Cc1noc(C)c1CC(=O)NCCc1ccc(-n2cccn2)cc1. The van der Waals surface area contributed by atoms with Crippen LogP contribution in [-0.2, 0) is 17.6 Å². The van der Waals surface area contributed by atoms with Crippen molar-refractivity contribution in [2.24, 2.45) is 0 Å². The Hall–Kier alpha value is -2.89. The molecular formula is C18H20N4O2. The summed E-state index contributed by atoms with van der Waals surface area (Å²) in [5.41, 5.74) is 3.84. The van der Waals surface area contributed by atoms with Crippen LogP contribution in [0.2, 0.25) is 0 Å². The van der Waals surface area contributed by atoms with Gasteiger partial charge < -0.3 is 9.84 Å². The van der Waals surface area contributed by atoms with Gasteiger partial charge in [-0.3, -0.25) is 4.79 Å². The molecular weight excluding hydrogens is 304 g/mol. The van der Waals surface area contributed by atoms with Gasteiger partial charge in [-0.05, 0) is 44.0 Å². The summed E-state index contributed by atoms with van der Waals surface area (Å²) in [4.78, 5) is 12.0. The minimum atomic E-state index is -0.0161. The number of carbonyl (C=O) groups excluding carboxylic acids is 1. The van der Waals surface area contributed by atoms with E-state index in [-0.39, 0.29) is 5.91 Å². The van der Waals surface area contributed by atoms with Crippen LogP contribution in [0.3, 0.4) is 0 Å². The zero-order chi connectivity index (χ0) is 16.9. The van der Waals surface area contributed by atoms with Gasteiger partial charge in [0.15, 0.2) is 0 Å². The van der Waals surface area contributed by atoms with E-state index in [4.69, 9.17) is 4.52 Å². The first kappa shape index (κ1) is 16.0. The highest BCUT2D eigenvalue weighted by Crippen LogP contribution is 2.13. The Bertz CT molecular complexity index is 785. The minimum Gasteiger partial charge on any atom is -0.361 e. The Morgan fingerprint density at radius 2 is 2.04 bits per heavy atom. The molecule has 1 N–H and O–H groups in total. The summed E-state index contributed by atoms with van der Waals surface area (Å²) in [5.74, 6) is 0.689. The highest BCUT2D eigenvalue weighted by Gasteiger charge is 2.12. The third kappa shape index (κ3) is 3.71. The maximum Gasteiger partial charge on any atom is 0.224 e. The number of rotatable bonds is 6. The summed E-state index contributed by atoms with van der Waals surface area (Å²) in [5, 5.41) is 11.0. The summed E-state index contributed by atoms with van der Waals surface area (Å²) >= 11 is 0. The second-order valence-corrected chi connectivity index (χ2v) is 5.70. The van der Waals surface area contributed by atoms with Gasteiger partial charge in [0.25, 0.3) is 0 Å². The van der Waals surface area contributed by atoms with Gasteiger partial charge in [0.05, 0.1) is 17.8 Å². The molecule has 24 heavy (non-hydrogen) atoms. The van der Waals surface area contributed by atoms with Gasteiger partial charge in [-0.2, -0.15) is 5.10 Å². The fraction of sp³-hybridized carbons (Fsp3) is 0.278. The van der Waals surface area contributed by atoms with Crippen LogP contribution in [-0.4, -0.2) is 27.4 Å². The Kier molecular flexibility index (Phi) is 4.74. The molecule has 124 valence electrons. The largest absolute Gasteiger partial charge is 0.361 e. The number of aromatic nitrogens is 3. The first-order chi connectivity index (χ1) is 11.6. The maximum absolute atomic E-state index is 12.0. The number of amides is 1. The van der Waals surface area contributed by atoms with Gasteiger partial charge in [0.1, 0.15) is 5.76 Å². The average molecular weight is 324 g/mol. The van der Waals surface area contributed by atoms with Crippen LogP contribution in [0.1, 0.15) is 22.6 Å². The quantitative estimate of drug-likeness (QED) is 0.755. The van der Waals surface area contributed by atoms with Crippen molar-refractivity contribution in [3.63, 3.8) is 0 Å². The summed E-state index contributed by atoms with van der Waals surface area (Å²) in [7, 11) is 0. The van der Waals surface area contributed by atoms with E-state index in [1.54, 1.807) is 6.20 Å². The van der Waals surface area contributed by atoms with Crippen LogP contribution in [0.4, 0.5) is 0 Å². The monoisotopic (exact) mass is 324 g/mol. The molecule has 6 heteroatoms. The van der Waals surface area contributed by atoms with Crippen molar-refractivity contribution in [1.82, 2.24) is 20.3 Å². The van der Waals surface area contributed by atoms with Gasteiger partial charge in [0, 0.05) is 24.5 Å². The first-order valence-electron chi connectivity index (χ1n) is 7.91. The second-order valence-electron chi connectivity index (χ2n) is 5.70. The molecule has 0 aliphatic carbocycles. The second kappa shape index (κ2) is 7.12. The van der Waals surface area contributed by atoms with Crippen molar-refractivity contribution in [2.75, 3.05) is 6.54 Å². The molecule has 2 heterocycles. The topological polar surface area (TPSA) is 73.0 Å². The smallest absolute Gasteiger partial charge is 0.224 e. The van der Waals surface area contributed by atoms with Crippen molar-refractivity contribution < 1.29 is 9.32 Å². The number of nitrogens with zero attached hydrogens (tertiary/aromatic N) is 3. The number of benzene rings is 1. The Morgan fingerprint density at radius 3 is 2.67 bits per heavy atom. The molecule has 0 saturated carbocycles. The maximum atomic E-state index is 12.0. The lowest BCUT2D eigenvalue weighted by molar-refractivity contribution is -0.120. The molecule has 0 aliphatic heterocycles. The van der Waals surface area contributed by atoms with Crippen molar-refractivity contribution in [3.8, 4) is 5.69 Å². The third-order valence-electron chi connectivity index (χ3n) is 3.96. The summed E-state index contributed by atoms with van der Waals surface area (Å²) < 4.78 is 6.89. The van der Waals surface area contributed by atoms with E-state index in [2.05, 4.69) is 27.7 Å². The van der Waals surface area contributed by atoms with E-state index >= 15 is 0 Å². The highest BCUT2D eigenvalue weighted by molar-refractivity contribution is 5.79. The lowest BCUT2D eigenvalue weighted by Gasteiger charge is -2.07. The predicted molar refractivity (Wildman–Crippen MR) is 90.0 cm³/mol. The zero-order valence-electron chi connectivity index (χ0n) is 13.8. The summed E-state index contributed by atoms with van der Waals surface area (Å²) in [6, 6.07) is 10.0. The molecule has 0 aliphatic rings. The van der Waals surface area contributed by atoms with Gasteiger partial charge >= 0.3 is 0 Å². The first-order valence-corrected chi connectivity index (χ1v) is 7.91. The molecule has 0 saturated heterocycles. The fourth-order valence-corrected chi connectivity index (χ4v) is 2.56. The number of hydrogen-bond donors (Lipinski definition) is 1. The van der Waals surface area contributed by atoms with Gasteiger partial charge in [-0.15, -0.1) is 0 Å². The van der Waals surface area contributed by atoms with Crippen molar-refractivity contribution in [2.45, 2.75) is 26.7 Å². The Balaban J connectivity index is 1.48. The van der Waals surface area contributed by atoms with E-state index in [0.717, 1.165) is 23.4 Å². The van der Waals surface area contributed by atoms with Crippen LogP contribution in [0.15, 0.2) is 47.2 Å². The molecule has 0 spiro atoms. The molecule has 2 aromatic heterocycles. The zero-order valence-corrected chi connectivity index (χ0v) is 13.8. The standard InChI is InChI=1S/C18H20N4O2/c1-13-17(14(2)24-21-13)12-18(23)19-10-8-15-4-6-16(7-5-15)22-11-3-9-20-22/h3-7,9,11H,8,10,12H2,1-2H3,(H,19,23). The lowest BCUT2D eigenvalue weighted by atomic mass is 10.1. The molecule has 1 amide bonds. The fourth-order valence-electron chi connectivity index (χ4n) is 2.56. The van der Waals surface area contributed by atoms with E-state index in [0.29, 0.717) is 18.7 Å². The van der Waals surface area contributed by atoms with E-state index in [9.17, 15) is 4.79 Å². The van der Waals surface area contributed by atoms with Crippen molar-refractivity contribution in [1.29, 1.82) is 0 Å². The Labute approximate surface area is 140 Å². The average Bonchev–Trinajstić information content (AvgIpc) is 3.21. The van der Waals surface area contributed by atoms with Crippen LogP contribution >= 0.6 is 0 Å². The number of hydrogen-bond acceptors (Lipinski definition) is 4. The van der Waals surface area contributed by atoms with Crippen molar-refractivity contribution in [3.05, 3.63) is 65.3 Å². The molecule has 0 unspecified atom stereocenters. The van der Waals surface area contributed by atoms with Crippen molar-refractivity contribution >= 4 is 5.91 Å². The Morgan fingerprint density at radius 1 is 1.25 bits per heavy atom.